The van der Waals surface area contributed by atoms with Crippen LogP contribution < -0.4 is 11.1 Å². The van der Waals surface area contributed by atoms with E-state index >= 15 is 0 Å². The van der Waals surface area contributed by atoms with Gasteiger partial charge in [-0.3, -0.25) is 4.79 Å². The Balaban J connectivity index is 1.94. The molecule has 21 heavy (non-hydrogen) atoms. The van der Waals surface area contributed by atoms with Crippen LogP contribution in [0.15, 0.2) is 24.3 Å². The number of amides is 1. The van der Waals surface area contributed by atoms with Crippen molar-refractivity contribution in [3.8, 4) is 5.75 Å². The first-order valence-corrected chi connectivity index (χ1v) is 6.97. The summed E-state index contributed by atoms with van der Waals surface area (Å²) in [7, 11) is 0. The second-order valence-electron chi connectivity index (χ2n) is 5.72. The number of nitrogens with two attached hydrogens (primary N) is 1. The summed E-state index contributed by atoms with van der Waals surface area (Å²) in [5.41, 5.74) is 6.25. The molecule has 1 saturated carbocycles. The highest BCUT2D eigenvalue weighted by atomic mass is 16.4. The van der Waals surface area contributed by atoms with Gasteiger partial charge in [0.2, 0.25) is 5.91 Å². The number of aromatic hydroxyl groups is 1. The van der Waals surface area contributed by atoms with E-state index in [1.54, 1.807) is 12.1 Å². The molecule has 114 valence electrons. The standard InChI is InChI=1S/C15H20N2O4/c16-15(6-1-7-15)9-13(19)17-12(14(20)21)8-10-2-4-11(18)5-3-10/h2-5,12,18H,1,6-9,16H2,(H,17,19)(H,20,21)/t12-/m1/s1. The molecule has 0 aromatic heterocycles. The van der Waals surface area contributed by atoms with E-state index in [1.165, 1.54) is 12.1 Å². The van der Waals surface area contributed by atoms with Gasteiger partial charge in [0.05, 0.1) is 0 Å². The van der Waals surface area contributed by atoms with E-state index in [0.717, 1.165) is 24.8 Å². The van der Waals surface area contributed by atoms with Gasteiger partial charge in [0.15, 0.2) is 0 Å². The van der Waals surface area contributed by atoms with Gasteiger partial charge >= 0.3 is 5.97 Å². The Labute approximate surface area is 123 Å². The average Bonchev–Trinajstić information content (AvgIpc) is 2.38. The number of carboxylic acid groups (broad SMARTS) is 1. The summed E-state index contributed by atoms with van der Waals surface area (Å²) >= 11 is 0. The van der Waals surface area contributed by atoms with Gasteiger partial charge < -0.3 is 21.3 Å². The van der Waals surface area contributed by atoms with E-state index in [1.807, 2.05) is 0 Å². The minimum absolute atomic E-state index is 0.115. The molecule has 1 fully saturated rings. The van der Waals surface area contributed by atoms with E-state index in [-0.39, 0.29) is 24.5 Å². The molecule has 2 rings (SSSR count). The SMILES string of the molecule is NC1(CC(=O)N[C@H](Cc2ccc(O)cc2)C(=O)O)CCC1. The van der Waals surface area contributed by atoms with Crippen LogP contribution in [0.25, 0.3) is 0 Å². The molecule has 6 heteroatoms. The Morgan fingerprint density at radius 1 is 1.29 bits per heavy atom. The fourth-order valence-corrected chi connectivity index (χ4v) is 2.44. The lowest BCUT2D eigenvalue weighted by molar-refractivity contribution is -0.142. The summed E-state index contributed by atoms with van der Waals surface area (Å²) in [6.07, 6.45) is 2.94. The Morgan fingerprint density at radius 3 is 2.38 bits per heavy atom. The van der Waals surface area contributed by atoms with E-state index < -0.39 is 17.6 Å². The van der Waals surface area contributed by atoms with Gasteiger partial charge in [-0.1, -0.05) is 12.1 Å². The van der Waals surface area contributed by atoms with Gasteiger partial charge in [0.1, 0.15) is 11.8 Å². The first-order valence-electron chi connectivity index (χ1n) is 6.97. The highest BCUT2D eigenvalue weighted by Crippen LogP contribution is 2.31. The maximum atomic E-state index is 11.9. The number of benzene rings is 1. The van der Waals surface area contributed by atoms with Gasteiger partial charge in [0, 0.05) is 18.4 Å². The second-order valence-corrected chi connectivity index (χ2v) is 5.72. The Hall–Kier alpha value is -2.08. The van der Waals surface area contributed by atoms with E-state index in [0.29, 0.717) is 0 Å². The van der Waals surface area contributed by atoms with Crippen molar-refractivity contribution in [1.29, 1.82) is 0 Å². The quantitative estimate of drug-likeness (QED) is 0.619. The Kier molecular flexibility index (Phi) is 4.47. The number of hydrogen-bond donors (Lipinski definition) is 4. The van der Waals surface area contributed by atoms with Gasteiger partial charge in [-0.25, -0.2) is 4.79 Å². The summed E-state index contributed by atoms with van der Waals surface area (Å²) in [6, 6.07) is 5.24. The van der Waals surface area contributed by atoms with Crippen LogP contribution >= 0.6 is 0 Å². The summed E-state index contributed by atoms with van der Waals surface area (Å²) in [6.45, 7) is 0. The average molecular weight is 292 g/mol. The third kappa shape index (κ3) is 4.19. The van der Waals surface area contributed by atoms with Gasteiger partial charge in [-0.05, 0) is 37.0 Å². The van der Waals surface area contributed by atoms with Crippen molar-refractivity contribution in [2.75, 3.05) is 0 Å². The first-order chi connectivity index (χ1) is 9.88. The Morgan fingerprint density at radius 2 is 1.90 bits per heavy atom. The lowest BCUT2D eigenvalue weighted by Gasteiger charge is -2.37. The minimum Gasteiger partial charge on any atom is -0.508 e. The molecule has 1 amide bonds. The number of rotatable bonds is 6. The molecule has 1 aromatic rings. The van der Waals surface area contributed by atoms with Crippen LogP contribution in [0.5, 0.6) is 5.75 Å². The Bertz CT molecular complexity index is 523. The molecule has 0 bridgehead atoms. The molecule has 1 aromatic carbocycles. The molecule has 6 nitrogen and oxygen atoms in total. The third-order valence-corrected chi connectivity index (χ3v) is 3.87. The molecule has 1 aliphatic carbocycles. The van der Waals surface area contributed by atoms with Crippen LogP contribution in [0.2, 0.25) is 0 Å². The maximum Gasteiger partial charge on any atom is 0.326 e. The maximum absolute atomic E-state index is 11.9. The second kappa shape index (κ2) is 6.13. The fraction of sp³-hybridized carbons (Fsp3) is 0.467. The van der Waals surface area contributed by atoms with Crippen LogP contribution in [0.4, 0.5) is 0 Å². The number of phenolic OH excluding ortho intramolecular Hbond substituents is 1. The van der Waals surface area contributed by atoms with Crippen LogP contribution in [-0.4, -0.2) is 33.7 Å². The molecule has 1 aliphatic rings. The minimum atomic E-state index is -1.09. The zero-order valence-corrected chi connectivity index (χ0v) is 11.7. The normalized spacial score (nSPS) is 17.6. The molecular formula is C15H20N2O4. The molecule has 0 saturated heterocycles. The third-order valence-electron chi connectivity index (χ3n) is 3.87. The van der Waals surface area contributed by atoms with Crippen molar-refractivity contribution in [2.24, 2.45) is 5.73 Å². The summed E-state index contributed by atoms with van der Waals surface area (Å²) in [4.78, 5) is 23.2. The number of phenols is 1. The van der Waals surface area contributed by atoms with Crippen molar-refractivity contribution >= 4 is 11.9 Å². The van der Waals surface area contributed by atoms with Gasteiger partial charge in [-0.2, -0.15) is 0 Å². The lowest BCUT2D eigenvalue weighted by Crippen LogP contribution is -2.52. The predicted molar refractivity (Wildman–Crippen MR) is 76.8 cm³/mol. The van der Waals surface area contributed by atoms with E-state index in [4.69, 9.17) is 5.73 Å². The number of carbonyl (C=O) groups excluding carboxylic acids is 1. The lowest BCUT2D eigenvalue weighted by atomic mass is 9.75. The van der Waals surface area contributed by atoms with E-state index in [2.05, 4.69) is 5.32 Å². The summed E-state index contributed by atoms with van der Waals surface area (Å²) < 4.78 is 0. The van der Waals surface area contributed by atoms with Crippen LogP contribution in [0.1, 0.15) is 31.2 Å². The number of hydrogen-bond acceptors (Lipinski definition) is 4. The topological polar surface area (TPSA) is 113 Å². The number of aliphatic carboxylic acids is 1. The van der Waals surface area contributed by atoms with Crippen LogP contribution in [0, 0.1) is 0 Å². The molecule has 0 unspecified atom stereocenters. The highest BCUT2D eigenvalue weighted by Gasteiger charge is 2.35. The zero-order valence-electron chi connectivity index (χ0n) is 11.7. The molecule has 0 heterocycles. The van der Waals surface area contributed by atoms with Crippen LogP contribution in [-0.2, 0) is 16.0 Å². The summed E-state index contributed by atoms with van der Waals surface area (Å²) in [5, 5.41) is 20.9. The van der Waals surface area contributed by atoms with Gasteiger partial charge in [-0.15, -0.1) is 0 Å². The summed E-state index contributed by atoms with van der Waals surface area (Å²) in [5.74, 6) is -1.30. The van der Waals surface area contributed by atoms with E-state index in [9.17, 15) is 19.8 Å². The van der Waals surface area contributed by atoms with Gasteiger partial charge in [0.25, 0.3) is 0 Å². The zero-order chi connectivity index (χ0) is 15.5. The molecular weight excluding hydrogens is 272 g/mol. The number of carboxylic acids is 1. The molecule has 0 aliphatic heterocycles. The number of carbonyl (C=O) groups is 2. The largest absolute Gasteiger partial charge is 0.508 e. The smallest absolute Gasteiger partial charge is 0.326 e. The van der Waals surface area contributed by atoms with Crippen molar-refractivity contribution in [2.45, 2.75) is 43.7 Å². The molecule has 5 N–H and O–H groups in total. The molecule has 0 radical (unpaired) electrons. The van der Waals surface area contributed by atoms with Crippen molar-refractivity contribution in [3.05, 3.63) is 29.8 Å². The molecule has 0 spiro atoms. The van der Waals surface area contributed by atoms with Crippen molar-refractivity contribution < 1.29 is 19.8 Å². The predicted octanol–water partition coefficient (Wildman–Crippen LogP) is 0.776. The highest BCUT2D eigenvalue weighted by molar-refractivity contribution is 5.84. The van der Waals surface area contributed by atoms with Crippen molar-refractivity contribution in [1.82, 2.24) is 5.32 Å². The number of nitrogens with one attached hydrogen (secondary N) is 1. The first kappa shape index (κ1) is 15.3. The monoisotopic (exact) mass is 292 g/mol. The van der Waals surface area contributed by atoms with Crippen LogP contribution in [0.3, 0.4) is 0 Å². The van der Waals surface area contributed by atoms with Crippen molar-refractivity contribution in [3.63, 3.8) is 0 Å². The fourth-order valence-electron chi connectivity index (χ4n) is 2.44. The molecule has 1 atom stereocenters.